The molecule has 0 bridgehead atoms. The fourth-order valence-electron chi connectivity index (χ4n) is 1.28. The van der Waals surface area contributed by atoms with E-state index in [9.17, 15) is 0 Å². The molecule has 2 nitrogen and oxygen atoms in total. The lowest BCUT2D eigenvalue weighted by Gasteiger charge is -2.02. The third-order valence-electron chi connectivity index (χ3n) is 1.86. The van der Waals surface area contributed by atoms with E-state index in [1.54, 1.807) is 0 Å². The van der Waals surface area contributed by atoms with Crippen molar-refractivity contribution in [1.82, 2.24) is 9.97 Å². The van der Waals surface area contributed by atoms with E-state index >= 15 is 0 Å². The molecule has 0 atom stereocenters. The summed E-state index contributed by atoms with van der Waals surface area (Å²) in [5, 5.41) is 1.42. The molecule has 0 saturated heterocycles. The molecule has 1 aromatic carbocycles. The highest BCUT2D eigenvalue weighted by Crippen LogP contribution is 2.24. The number of hydrogen-bond donors (Lipinski definition) is 0. The third kappa shape index (κ3) is 1.54. The Morgan fingerprint density at radius 3 is 2.85 bits per heavy atom. The monoisotopic (exact) mass is 256 g/mol. The Hall–Kier alpha value is -0.670. The molecular formula is C9H6BrClN2. The second kappa shape index (κ2) is 3.24. The summed E-state index contributed by atoms with van der Waals surface area (Å²) in [5.41, 5.74) is 1.96. The van der Waals surface area contributed by atoms with Gasteiger partial charge in [0.25, 0.3) is 0 Å². The minimum atomic E-state index is 0.495. The van der Waals surface area contributed by atoms with Gasteiger partial charge < -0.3 is 0 Å². The number of aromatic nitrogens is 2. The SMILES string of the molecule is Cc1cccc2nc(Br)nc(Cl)c12. The van der Waals surface area contributed by atoms with Crippen LogP contribution in [0.3, 0.4) is 0 Å². The predicted molar refractivity (Wildman–Crippen MR) is 57.0 cm³/mol. The Labute approximate surface area is 89.1 Å². The summed E-state index contributed by atoms with van der Waals surface area (Å²) >= 11 is 9.19. The number of hydrogen-bond acceptors (Lipinski definition) is 2. The van der Waals surface area contributed by atoms with E-state index < -0.39 is 0 Å². The summed E-state index contributed by atoms with van der Waals surface area (Å²) in [6.07, 6.45) is 0. The van der Waals surface area contributed by atoms with Gasteiger partial charge in [-0.1, -0.05) is 23.7 Å². The summed E-state index contributed by atoms with van der Waals surface area (Å²) in [7, 11) is 0. The molecule has 0 unspecified atom stereocenters. The fraction of sp³-hybridized carbons (Fsp3) is 0.111. The molecule has 1 heterocycles. The first-order valence-corrected chi connectivity index (χ1v) is 4.94. The van der Waals surface area contributed by atoms with Gasteiger partial charge in [0.15, 0.2) is 4.73 Å². The maximum Gasteiger partial charge on any atom is 0.198 e. The van der Waals surface area contributed by atoms with Crippen LogP contribution in [0, 0.1) is 6.92 Å². The van der Waals surface area contributed by atoms with Crippen molar-refractivity contribution >= 4 is 38.4 Å². The first-order chi connectivity index (χ1) is 6.18. The Morgan fingerprint density at radius 2 is 2.08 bits per heavy atom. The van der Waals surface area contributed by atoms with E-state index in [1.165, 1.54) is 0 Å². The predicted octanol–water partition coefficient (Wildman–Crippen LogP) is 3.35. The standard InChI is InChI=1S/C9H6BrClN2/c1-5-3-2-4-6-7(5)8(11)13-9(10)12-6/h2-4H,1H3. The Bertz CT molecular complexity index is 470. The summed E-state index contributed by atoms with van der Waals surface area (Å²) in [4.78, 5) is 8.25. The summed E-state index contributed by atoms with van der Waals surface area (Å²) in [6.45, 7) is 1.99. The van der Waals surface area contributed by atoms with Gasteiger partial charge >= 0.3 is 0 Å². The van der Waals surface area contributed by atoms with E-state index in [2.05, 4.69) is 25.9 Å². The minimum absolute atomic E-state index is 0.495. The van der Waals surface area contributed by atoms with E-state index in [1.807, 2.05) is 25.1 Å². The number of aryl methyl sites for hydroxylation is 1. The molecule has 0 aliphatic heterocycles. The van der Waals surface area contributed by atoms with Crippen LogP contribution in [0.5, 0.6) is 0 Å². The van der Waals surface area contributed by atoms with Crippen LogP contribution in [0.4, 0.5) is 0 Å². The van der Waals surface area contributed by atoms with Crippen LogP contribution >= 0.6 is 27.5 Å². The largest absolute Gasteiger partial charge is 0.222 e. The molecule has 0 saturated carbocycles. The normalized spacial score (nSPS) is 10.7. The molecule has 13 heavy (non-hydrogen) atoms. The summed E-state index contributed by atoms with van der Waals surface area (Å²) < 4.78 is 0.524. The first kappa shape index (κ1) is 8.91. The maximum absolute atomic E-state index is 5.99. The number of benzene rings is 1. The molecule has 0 amide bonds. The highest BCUT2D eigenvalue weighted by molar-refractivity contribution is 9.10. The van der Waals surface area contributed by atoms with Crippen molar-refractivity contribution in [1.29, 1.82) is 0 Å². The van der Waals surface area contributed by atoms with Crippen LogP contribution in [-0.2, 0) is 0 Å². The van der Waals surface area contributed by atoms with Gasteiger partial charge in [0.2, 0.25) is 0 Å². The van der Waals surface area contributed by atoms with Crippen molar-refractivity contribution in [3.63, 3.8) is 0 Å². The highest BCUT2D eigenvalue weighted by Gasteiger charge is 2.05. The van der Waals surface area contributed by atoms with Crippen LogP contribution in [0.1, 0.15) is 5.56 Å². The molecule has 0 aliphatic carbocycles. The molecule has 66 valence electrons. The van der Waals surface area contributed by atoms with Gasteiger partial charge in [-0.25, -0.2) is 9.97 Å². The number of nitrogens with zero attached hydrogens (tertiary/aromatic N) is 2. The van der Waals surface area contributed by atoms with Gasteiger partial charge in [-0.05, 0) is 34.5 Å². The lowest BCUT2D eigenvalue weighted by molar-refractivity contribution is 1.16. The van der Waals surface area contributed by atoms with Crippen LogP contribution in [-0.4, -0.2) is 9.97 Å². The van der Waals surface area contributed by atoms with Crippen LogP contribution in [0.25, 0.3) is 10.9 Å². The molecule has 2 aromatic rings. The minimum Gasteiger partial charge on any atom is -0.222 e. The summed E-state index contributed by atoms with van der Waals surface area (Å²) in [6, 6.07) is 5.86. The van der Waals surface area contributed by atoms with Gasteiger partial charge in [0.1, 0.15) is 5.15 Å². The van der Waals surface area contributed by atoms with Crippen molar-refractivity contribution in [2.75, 3.05) is 0 Å². The summed E-state index contributed by atoms with van der Waals surface area (Å²) in [5.74, 6) is 0. The second-order valence-electron chi connectivity index (χ2n) is 2.75. The molecule has 0 radical (unpaired) electrons. The van der Waals surface area contributed by atoms with Crippen molar-refractivity contribution < 1.29 is 0 Å². The lowest BCUT2D eigenvalue weighted by Crippen LogP contribution is -1.88. The van der Waals surface area contributed by atoms with Crippen LogP contribution in [0.2, 0.25) is 5.15 Å². The number of halogens is 2. The van der Waals surface area contributed by atoms with Gasteiger partial charge in [-0.15, -0.1) is 0 Å². The van der Waals surface area contributed by atoms with Gasteiger partial charge in [0.05, 0.1) is 5.52 Å². The van der Waals surface area contributed by atoms with Crippen molar-refractivity contribution in [3.05, 3.63) is 33.6 Å². The lowest BCUT2D eigenvalue weighted by atomic mass is 10.1. The van der Waals surface area contributed by atoms with E-state index in [-0.39, 0.29) is 0 Å². The number of fused-ring (bicyclic) bond motifs is 1. The Kier molecular flexibility index (Phi) is 2.22. The Balaban J connectivity index is 2.94. The number of rotatable bonds is 0. The molecular weight excluding hydrogens is 251 g/mol. The maximum atomic E-state index is 5.99. The van der Waals surface area contributed by atoms with Crippen LogP contribution in [0.15, 0.2) is 22.9 Å². The molecule has 2 rings (SSSR count). The topological polar surface area (TPSA) is 25.8 Å². The smallest absolute Gasteiger partial charge is 0.198 e. The first-order valence-electron chi connectivity index (χ1n) is 3.77. The molecule has 4 heteroatoms. The highest BCUT2D eigenvalue weighted by atomic mass is 79.9. The van der Waals surface area contributed by atoms with Crippen molar-refractivity contribution in [2.45, 2.75) is 6.92 Å². The zero-order valence-corrected chi connectivity index (χ0v) is 9.22. The second-order valence-corrected chi connectivity index (χ2v) is 3.82. The average molecular weight is 258 g/mol. The van der Waals surface area contributed by atoms with Crippen molar-refractivity contribution in [3.8, 4) is 0 Å². The van der Waals surface area contributed by atoms with E-state index in [4.69, 9.17) is 11.6 Å². The molecule has 0 aliphatic rings. The third-order valence-corrected chi connectivity index (χ3v) is 2.49. The molecule has 0 fully saturated rings. The van der Waals surface area contributed by atoms with Gasteiger partial charge in [-0.2, -0.15) is 0 Å². The van der Waals surface area contributed by atoms with Gasteiger partial charge in [0, 0.05) is 5.39 Å². The average Bonchev–Trinajstić information content (AvgIpc) is 2.02. The molecule has 0 spiro atoms. The zero-order chi connectivity index (χ0) is 9.42. The Morgan fingerprint density at radius 1 is 1.31 bits per heavy atom. The fourth-order valence-corrected chi connectivity index (χ4v) is 2.07. The van der Waals surface area contributed by atoms with E-state index in [0.29, 0.717) is 9.89 Å². The van der Waals surface area contributed by atoms with Gasteiger partial charge in [-0.3, -0.25) is 0 Å². The molecule has 1 aromatic heterocycles. The zero-order valence-electron chi connectivity index (χ0n) is 6.88. The van der Waals surface area contributed by atoms with E-state index in [0.717, 1.165) is 16.5 Å². The van der Waals surface area contributed by atoms with Crippen molar-refractivity contribution in [2.24, 2.45) is 0 Å². The quantitative estimate of drug-likeness (QED) is 0.534. The molecule has 0 N–H and O–H groups in total. The van der Waals surface area contributed by atoms with Crippen LogP contribution < -0.4 is 0 Å².